The van der Waals surface area contributed by atoms with Crippen molar-refractivity contribution >= 4 is 22.9 Å². The van der Waals surface area contributed by atoms with E-state index in [4.69, 9.17) is 10.5 Å². The number of aryl methyl sites for hydroxylation is 2. The largest absolute Gasteiger partial charge is 0.481 e. The Morgan fingerprint density at radius 1 is 0.939 bits per heavy atom. The number of carboxylic acid groups (broad SMARTS) is 1. The smallest absolute Gasteiger partial charge is 0.303 e. The zero-order valence-electron chi connectivity index (χ0n) is 19.4. The average Bonchev–Trinajstić information content (AvgIpc) is 2.82. The van der Waals surface area contributed by atoms with Crippen LogP contribution in [-0.2, 0) is 4.79 Å². The third-order valence-corrected chi connectivity index (χ3v) is 4.67. The SMILES string of the molecule is C/C=C(/C(=N)c1ccccc1)c1ccccc1C.CCC(=O)O.Cc1ccccc1[N+](=O)[O-]. The van der Waals surface area contributed by atoms with Gasteiger partial charge in [0.1, 0.15) is 0 Å². The normalized spacial score (nSPS) is 10.1. The van der Waals surface area contributed by atoms with Crippen LogP contribution in [0.3, 0.4) is 0 Å². The van der Waals surface area contributed by atoms with Crippen LogP contribution in [0, 0.1) is 29.4 Å². The molecule has 3 aromatic rings. The first-order valence-electron chi connectivity index (χ1n) is 10.5. The molecule has 0 saturated carbocycles. The molecule has 0 aliphatic heterocycles. The van der Waals surface area contributed by atoms with Gasteiger partial charge in [-0.3, -0.25) is 20.3 Å². The van der Waals surface area contributed by atoms with Crippen LogP contribution in [0.15, 0.2) is 84.9 Å². The van der Waals surface area contributed by atoms with Crippen molar-refractivity contribution in [3.8, 4) is 0 Å². The fourth-order valence-corrected chi connectivity index (χ4v) is 2.84. The predicted octanol–water partition coefficient (Wildman–Crippen LogP) is 6.85. The summed E-state index contributed by atoms with van der Waals surface area (Å²) in [5, 5.41) is 26.3. The highest BCUT2D eigenvalue weighted by molar-refractivity contribution is 6.30. The fraction of sp³-hybridized carbons (Fsp3) is 0.185. The molecule has 3 aromatic carbocycles. The molecule has 0 aliphatic rings. The zero-order chi connectivity index (χ0) is 24.8. The maximum absolute atomic E-state index is 10.2. The number of allylic oxidation sites excluding steroid dienone is 2. The summed E-state index contributed by atoms with van der Waals surface area (Å²) in [6.07, 6.45) is 2.23. The van der Waals surface area contributed by atoms with E-state index in [1.165, 1.54) is 11.6 Å². The van der Waals surface area contributed by atoms with Gasteiger partial charge in [-0.1, -0.05) is 85.8 Å². The van der Waals surface area contributed by atoms with E-state index in [0.29, 0.717) is 11.3 Å². The Morgan fingerprint density at radius 3 is 1.85 bits per heavy atom. The Bertz CT molecular complexity index is 1110. The number of nitro benzene ring substituents is 1. The van der Waals surface area contributed by atoms with Crippen molar-refractivity contribution < 1.29 is 14.8 Å². The third-order valence-electron chi connectivity index (χ3n) is 4.67. The molecule has 0 unspecified atom stereocenters. The van der Waals surface area contributed by atoms with Crippen LogP contribution in [0.4, 0.5) is 5.69 Å². The Kier molecular flexibility index (Phi) is 11.5. The molecule has 0 aromatic heterocycles. The number of benzene rings is 3. The number of carbonyl (C=O) groups is 1. The molecule has 3 rings (SSSR count). The van der Waals surface area contributed by atoms with Gasteiger partial charge in [-0.05, 0) is 31.9 Å². The summed E-state index contributed by atoms with van der Waals surface area (Å²) < 4.78 is 0. The first kappa shape index (κ1) is 27.0. The van der Waals surface area contributed by atoms with Gasteiger partial charge in [0.15, 0.2) is 0 Å². The number of para-hydroxylation sites is 1. The predicted molar refractivity (Wildman–Crippen MR) is 134 cm³/mol. The lowest BCUT2D eigenvalue weighted by Gasteiger charge is -2.12. The summed E-state index contributed by atoms with van der Waals surface area (Å²) in [5.41, 5.74) is 5.73. The van der Waals surface area contributed by atoms with E-state index in [-0.39, 0.29) is 17.0 Å². The van der Waals surface area contributed by atoms with E-state index in [1.54, 1.807) is 32.0 Å². The third kappa shape index (κ3) is 8.91. The van der Waals surface area contributed by atoms with E-state index < -0.39 is 5.97 Å². The Hall–Kier alpha value is -4.06. The van der Waals surface area contributed by atoms with Gasteiger partial charge in [-0.25, -0.2) is 0 Å². The van der Waals surface area contributed by atoms with Crippen molar-refractivity contribution in [2.45, 2.75) is 34.1 Å². The van der Waals surface area contributed by atoms with Gasteiger partial charge in [-0.15, -0.1) is 0 Å². The van der Waals surface area contributed by atoms with Crippen LogP contribution >= 0.6 is 0 Å². The molecule has 0 amide bonds. The molecule has 0 atom stereocenters. The van der Waals surface area contributed by atoms with Gasteiger partial charge in [0, 0.05) is 29.2 Å². The number of carboxylic acids is 1. The van der Waals surface area contributed by atoms with Crippen molar-refractivity contribution in [3.63, 3.8) is 0 Å². The first-order valence-corrected chi connectivity index (χ1v) is 10.5. The van der Waals surface area contributed by atoms with E-state index in [9.17, 15) is 14.9 Å². The first-order chi connectivity index (χ1) is 15.7. The lowest BCUT2D eigenvalue weighted by Crippen LogP contribution is -2.03. The lowest BCUT2D eigenvalue weighted by atomic mass is 9.93. The molecule has 0 fully saturated rings. The molecule has 6 heteroatoms. The maximum Gasteiger partial charge on any atom is 0.303 e. The van der Waals surface area contributed by atoms with E-state index >= 15 is 0 Å². The van der Waals surface area contributed by atoms with Gasteiger partial charge in [-0.2, -0.15) is 0 Å². The quantitative estimate of drug-likeness (QED) is 0.254. The van der Waals surface area contributed by atoms with E-state index in [2.05, 4.69) is 19.1 Å². The van der Waals surface area contributed by atoms with Crippen LogP contribution < -0.4 is 0 Å². The monoisotopic (exact) mass is 446 g/mol. The van der Waals surface area contributed by atoms with Gasteiger partial charge in [0.2, 0.25) is 0 Å². The molecule has 6 nitrogen and oxygen atoms in total. The fourth-order valence-electron chi connectivity index (χ4n) is 2.84. The Balaban J connectivity index is 0.000000304. The summed E-state index contributed by atoms with van der Waals surface area (Å²) in [6, 6.07) is 24.7. The number of hydrogen-bond donors (Lipinski definition) is 2. The highest BCUT2D eigenvalue weighted by Gasteiger charge is 2.10. The Labute approximate surface area is 194 Å². The van der Waals surface area contributed by atoms with Crippen LogP contribution in [-0.4, -0.2) is 21.7 Å². The van der Waals surface area contributed by atoms with Crippen LogP contribution in [0.5, 0.6) is 0 Å². The second kappa shape index (κ2) is 14.1. The van der Waals surface area contributed by atoms with E-state index in [0.717, 1.165) is 16.7 Å². The molecular weight excluding hydrogens is 416 g/mol. The highest BCUT2D eigenvalue weighted by atomic mass is 16.6. The van der Waals surface area contributed by atoms with Crippen molar-refractivity contribution in [3.05, 3.63) is 117 Å². The molecule has 0 saturated heterocycles. The minimum Gasteiger partial charge on any atom is -0.481 e. The van der Waals surface area contributed by atoms with Crippen molar-refractivity contribution in [1.82, 2.24) is 0 Å². The summed E-state index contributed by atoms with van der Waals surface area (Å²) in [6.45, 7) is 7.39. The van der Waals surface area contributed by atoms with Gasteiger partial charge in [0.25, 0.3) is 5.69 Å². The number of nitrogens with one attached hydrogen (secondary N) is 1. The van der Waals surface area contributed by atoms with E-state index in [1.807, 2.05) is 55.5 Å². The number of nitro groups is 1. The summed E-state index contributed by atoms with van der Waals surface area (Å²) in [4.78, 5) is 19.2. The number of nitrogens with zero attached hydrogens (tertiary/aromatic N) is 1. The Morgan fingerprint density at radius 2 is 1.42 bits per heavy atom. The number of rotatable bonds is 5. The topological polar surface area (TPSA) is 104 Å². The summed E-state index contributed by atoms with van der Waals surface area (Å²) in [5.74, 6) is -0.745. The highest BCUT2D eigenvalue weighted by Crippen LogP contribution is 2.22. The molecule has 0 bridgehead atoms. The van der Waals surface area contributed by atoms with Gasteiger partial charge >= 0.3 is 5.97 Å². The second-order valence-electron chi connectivity index (χ2n) is 7.05. The van der Waals surface area contributed by atoms with Gasteiger partial charge < -0.3 is 5.11 Å². The molecule has 0 spiro atoms. The molecule has 0 radical (unpaired) electrons. The van der Waals surface area contributed by atoms with Crippen LogP contribution in [0.1, 0.15) is 42.5 Å². The molecule has 0 heterocycles. The summed E-state index contributed by atoms with van der Waals surface area (Å²) in [7, 11) is 0. The summed E-state index contributed by atoms with van der Waals surface area (Å²) >= 11 is 0. The average molecular weight is 447 g/mol. The minimum absolute atomic E-state index is 0.183. The minimum atomic E-state index is -0.745. The van der Waals surface area contributed by atoms with Crippen molar-refractivity contribution in [1.29, 1.82) is 5.41 Å². The molecular formula is C27H30N2O4. The standard InChI is InChI=1S/C17H17N.C7H7NO2.C3H6O2/c1-3-15(16-12-8-7-9-13(16)2)17(18)14-10-5-4-6-11-14;1-6-4-2-3-5-7(6)8(9)10;1-2-3(4)5/h3-12,18H,1-2H3;2-5H,1H3;2H2,1H3,(H,4,5)/b15-3+,18-17?;;. The van der Waals surface area contributed by atoms with Crippen molar-refractivity contribution in [2.24, 2.45) is 0 Å². The maximum atomic E-state index is 10.2. The van der Waals surface area contributed by atoms with Crippen molar-refractivity contribution in [2.75, 3.05) is 0 Å². The molecule has 0 aliphatic carbocycles. The number of hydrogen-bond acceptors (Lipinski definition) is 4. The molecule has 33 heavy (non-hydrogen) atoms. The lowest BCUT2D eigenvalue weighted by molar-refractivity contribution is -0.385. The van der Waals surface area contributed by atoms with Crippen LogP contribution in [0.25, 0.3) is 5.57 Å². The molecule has 172 valence electrons. The number of aliphatic carboxylic acids is 1. The van der Waals surface area contributed by atoms with Crippen LogP contribution in [0.2, 0.25) is 0 Å². The molecule has 2 N–H and O–H groups in total. The second-order valence-corrected chi connectivity index (χ2v) is 7.05. The van der Waals surface area contributed by atoms with Gasteiger partial charge in [0.05, 0.1) is 10.6 Å². The zero-order valence-corrected chi connectivity index (χ0v) is 19.4.